The number of carbonyl (C=O) groups excluding carboxylic acids is 3. The molecule has 0 aliphatic carbocycles. The van der Waals surface area contributed by atoms with E-state index >= 15 is 0 Å². The highest BCUT2D eigenvalue weighted by molar-refractivity contribution is 8.02. The number of fused-ring (bicyclic) bond motifs is 2. The Morgan fingerprint density at radius 3 is 2.45 bits per heavy atom. The van der Waals surface area contributed by atoms with Gasteiger partial charge in [0.2, 0.25) is 17.7 Å². The Morgan fingerprint density at radius 2 is 1.79 bits per heavy atom. The number of aliphatic hydroxyl groups excluding tert-OH is 1. The largest absolute Gasteiger partial charge is 0.394 e. The summed E-state index contributed by atoms with van der Waals surface area (Å²) in [6, 6.07) is 8.39. The van der Waals surface area contributed by atoms with Crippen LogP contribution in [0.1, 0.15) is 39.7 Å². The van der Waals surface area contributed by atoms with Crippen molar-refractivity contribution in [2.75, 3.05) is 26.2 Å². The fraction of sp³-hybridized carbons (Fsp3) is 0.567. The molecule has 2 saturated heterocycles. The van der Waals surface area contributed by atoms with E-state index in [1.54, 1.807) is 16.7 Å². The van der Waals surface area contributed by atoms with E-state index in [1.807, 2.05) is 86.1 Å². The van der Waals surface area contributed by atoms with Crippen LogP contribution in [0.5, 0.6) is 0 Å². The van der Waals surface area contributed by atoms with Crippen molar-refractivity contribution in [1.29, 1.82) is 0 Å². The predicted octanol–water partition coefficient (Wildman–Crippen LogP) is 2.89. The van der Waals surface area contributed by atoms with Crippen molar-refractivity contribution < 1.29 is 19.5 Å². The van der Waals surface area contributed by atoms with Gasteiger partial charge in [0.05, 0.1) is 29.2 Å². The van der Waals surface area contributed by atoms with Crippen LogP contribution >= 0.6 is 11.8 Å². The van der Waals surface area contributed by atoms with Gasteiger partial charge in [-0.15, -0.1) is 11.8 Å². The molecule has 204 valence electrons. The topological polar surface area (TPSA) is 81.2 Å². The van der Waals surface area contributed by atoms with Crippen LogP contribution in [0, 0.1) is 11.8 Å². The lowest BCUT2D eigenvalue weighted by Gasteiger charge is -2.42. The summed E-state index contributed by atoms with van der Waals surface area (Å²) in [5, 5.41) is 10.4. The molecule has 1 spiro atoms. The van der Waals surface area contributed by atoms with Crippen molar-refractivity contribution in [3.63, 3.8) is 0 Å². The Balaban J connectivity index is 1.63. The van der Waals surface area contributed by atoms with Crippen molar-refractivity contribution in [1.82, 2.24) is 14.7 Å². The number of nitrogens with zero attached hydrogens (tertiary/aromatic N) is 3. The lowest BCUT2D eigenvalue weighted by molar-refractivity contribution is -0.148. The Bertz CT molecular complexity index is 1150. The standard InChI is InChI=1S/C30H39N3O4S/c1-5-15-31-16-9-13-22-23(26(31)35)24-27(36)33(21(19-34)18-20-11-7-6-8-12-20)25-28(37)32(29(2,3)4)17-10-14-30(24,25)38-22/h6-14,21-25,34H,5,15-19H2,1-4H3/t21-,22-,23+,24+,25?,30+/m1/s1. The van der Waals surface area contributed by atoms with Gasteiger partial charge in [0, 0.05) is 30.4 Å². The molecule has 7 nitrogen and oxygen atoms in total. The minimum absolute atomic E-state index is 0.00782. The maximum Gasteiger partial charge on any atom is 0.247 e. The van der Waals surface area contributed by atoms with Crippen molar-refractivity contribution in [3.8, 4) is 0 Å². The van der Waals surface area contributed by atoms with Crippen LogP contribution < -0.4 is 0 Å². The molecule has 1 aromatic rings. The molecule has 0 bridgehead atoms. The van der Waals surface area contributed by atoms with Crippen LogP contribution in [-0.2, 0) is 20.8 Å². The first-order chi connectivity index (χ1) is 18.1. The molecule has 0 radical (unpaired) electrons. The molecule has 4 heterocycles. The molecule has 38 heavy (non-hydrogen) atoms. The van der Waals surface area contributed by atoms with Gasteiger partial charge in [0.15, 0.2) is 0 Å². The summed E-state index contributed by atoms with van der Waals surface area (Å²) in [5.41, 5.74) is 0.539. The number of rotatable bonds is 6. The smallest absolute Gasteiger partial charge is 0.247 e. The maximum atomic E-state index is 14.5. The molecular formula is C30H39N3O4S. The Kier molecular flexibility index (Phi) is 7.24. The quantitative estimate of drug-likeness (QED) is 0.565. The molecule has 4 aliphatic rings. The number of hydrogen-bond acceptors (Lipinski definition) is 5. The summed E-state index contributed by atoms with van der Waals surface area (Å²) in [7, 11) is 0. The molecule has 6 atom stereocenters. The van der Waals surface area contributed by atoms with E-state index < -0.39 is 34.2 Å². The Labute approximate surface area is 229 Å². The number of benzene rings is 1. The highest BCUT2D eigenvalue weighted by Crippen LogP contribution is 2.61. The molecular weight excluding hydrogens is 498 g/mol. The number of carbonyl (C=O) groups is 3. The van der Waals surface area contributed by atoms with E-state index in [-0.39, 0.29) is 29.6 Å². The number of hydrogen-bond donors (Lipinski definition) is 1. The molecule has 4 aliphatic heterocycles. The van der Waals surface area contributed by atoms with Crippen LogP contribution in [-0.4, -0.2) is 91.4 Å². The number of aliphatic hydroxyl groups is 1. The number of likely N-dealkylation sites (tertiary alicyclic amines) is 1. The van der Waals surface area contributed by atoms with Gasteiger partial charge in [-0.1, -0.05) is 61.6 Å². The van der Waals surface area contributed by atoms with E-state index in [0.29, 0.717) is 26.1 Å². The third-order valence-corrected chi connectivity index (χ3v) is 10.1. The first-order valence-electron chi connectivity index (χ1n) is 13.7. The fourth-order valence-electron chi connectivity index (χ4n) is 6.73. The number of thioether (sulfide) groups is 1. The Hall–Kier alpha value is -2.58. The van der Waals surface area contributed by atoms with Gasteiger partial charge >= 0.3 is 0 Å². The van der Waals surface area contributed by atoms with Crippen molar-refractivity contribution in [2.24, 2.45) is 11.8 Å². The summed E-state index contributed by atoms with van der Waals surface area (Å²) < 4.78 is -0.872. The SMILES string of the molecule is CCCN1CC=C[C@H]2S[C@]34C=CCN(C(C)(C)C)C(=O)C3N([C@@H](CO)Cc3ccccc3)C(=O)[C@@H]4[C@H]2C1=O. The molecule has 8 heteroatoms. The minimum atomic E-state index is -0.872. The molecule has 3 amide bonds. The van der Waals surface area contributed by atoms with Crippen molar-refractivity contribution >= 4 is 29.5 Å². The highest BCUT2D eigenvalue weighted by Gasteiger charge is 2.72. The average molecular weight is 538 g/mol. The normalized spacial score (nSPS) is 31.7. The fourth-order valence-corrected chi connectivity index (χ4v) is 8.73. The molecule has 1 unspecified atom stereocenters. The van der Waals surface area contributed by atoms with Gasteiger partial charge < -0.3 is 19.8 Å². The maximum absolute atomic E-state index is 14.5. The number of amides is 3. The lowest BCUT2D eigenvalue weighted by atomic mass is 9.78. The summed E-state index contributed by atoms with van der Waals surface area (Å²) in [5.74, 6) is -1.52. The molecule has 0 saturated carbocycles. The summed E-state index contributed by atoms with van der Waals surface area (Å²) in [6.45, 7) is 9.42. The van der Waals surface area contributed by atoms with Gasteiger partial charge in [-0.2, -0.15) is 0 Å². The third kappa shape index (κ3) is 4.30. The second kappa shape index (κ2) is 10.2. The Morgan fingerprint density at radius 1 is 1.05 bits per heavy atom. The molecule has 1 N–H and O–H groups in total. The molecule has 2 fully saturated rings. The van der Waals surface area contributed by atoms with E-state index in [1.165, 1.54) is 0 Å². The summed E-state index contributed by atoms with van der Waals surface area (Å²) in [6.07, 6.45) is 9.44. The molecule has 1 aromatic carbocycles. The zero-order valence-corrected chi connectivity index (χ0v) is 23.6. The van der Waals surface area contributed by atoms with Crippen molar-refractivity contribution in [2.45, 2.75) is 68.2 Å². The van der Waals surface area contributed by atoms with Crippen LogP contribution in [0.3, 0.4) is 0 Å². The first kappa shape index (κ1) is 27.0. The minimum Gasteiger partial charge on any atom is -0.394 e. The second-order valence-corrected chi connectivity index (χ2v) is 13.3. The zero-order chi connectivity index (χ0) is 27.2. The van der Waals surface area contributed by atoms with E-state index in [0.717, 1.165) is 12.0 Å². The van der Waals surface area contributed by atoms with Crippen LogP contribution in [0.25, 0.3) is 0 Å². The summed E-state index contributed by atoms with van der Waals surface area (Å²) >= 11 is 1.59. The van der Waals surface area contributed by atoms with Crippen molar-refractivity contribution in [3.05, 3.63) is 60.2 Å². The van der Waals surface area contributed by atoms with E-state index in [4.69, 9.17) is 0 Å². The van der Waals surface area contributed by atoms with Gasteiger partial charge in [0.25, 0.3) is 0 Å². The van der Waals surface area contributed by atoms with Gasteiger partial charge in [-0.3, -0.25) is 14.4 Å². The second-order valence-electron chi connectivity index (χ2n) is 11.8. The highest BCUT2D eigenvalue weighted by atomic mass is 32.2. The third-order valence-electron chi connectivity index (χ3n) is 8.40. The average Bonchev–Trinajstić information content (AvgIpc) is 3.20. The van der Waals surface area contributed by atoms with Gasteiger partial charge in [-0.25, -0.2) is 0 Å². The lowest BCUT2D eigenvalue weighted by Crippen LogP contribution is -2.59. The zero-order valence-electron chi connectivity index (χ0n) is 22.7. The van der Waals surface area contributed by atoms with Gasteiger partial charge in [0.1, 0.15) is 6.04 Å². The first-order valence-corrected chi connectivity index (χ1v) is 14.6. The van der Waals surface area contributed by atoms with E-state index in [2.05, 4.69) is 6.08 Å². The summed E-state index contributed by atoms with van der Waals surface area (Å²) in [4.78, 5) is 48.3. The predicted molar refractivity (Wildman–Crippen MR) is 149 cm³/mol. The molecule has 5 rings (SSSR count). The van der Waals surface area contributed by atoms with Crippen LogP contribution in [0.15, 0.2) is 54.6 Å². The van der Waals surface area contributed by atoms with Crippen LogP contribution in [0.2, 0.25) is 0 Å². The van der Waals surface area contributed by atoms with Crippen LogP contribution in [0.4, 0.5) is 0 Å². The molecule has 0 aromatic heterocycles. The van der Waals surface area contributed by atoms with Gasteiger partial charge in [-0.05, 0) is 39.2 Å². The monoisotopic (exact) mass is 537 g/mol. The van der Waals surface area contributed by atoms with E-state index in [9.17, 15) is 19.5 Å².